The summed E-state index contributed by atoms with van der Waals surface area (Å²) < 4.78 is 18.2. The van der Waals surface area contributed by atoms with Crippen molar-refractivity contribution in [3.05, 3.63) is 34.6 Å². The van der Waals surface area contributed by atoms with Gasteiger partial charge in [-0.05, 0) is 20.3 Å². The van der Waals surface area contributed by atoms with Gasteiger partial charge in [0.15, 0.2) is 5.96 Å². The zero-order valence-electron chi connectivity index (χ0n) is 18.3. The molecule has 2 N–H and O–H groups in total. The van der Waals surface area contributed by atoms with Crippen molar-refractivity contribution in [2.45, 2.75) is 26.8 Å². The number of ether oxygens (including phenoxy) is 3. The van der Waals surface area contributed by atoms with Crippen LogP contribution in [-0.2, 0) is 20.0 Å². The van der Waals surface area contributed by atoms with E-state index in [2.05, 4.69) is 27.6 Å². The number of methoxy groups -OCH3 is 3. The van der Waals surface area contributed by atoms with Gasteiger partial charge in [0.2, 0.25) is 0 Å². The zero-order chi connectivity index (χ0) is 20.7. The predicted molar refractivity (Wildman–Crippen MR) is 126 cm³/mol. The van der Waals surface area contributed by atoms with Crippen molar-refractivity contribution < 1.29 is 14.2 Å². The topological polar surface area (TPSA) is 81.9 Å². The molecule has 0 radical (unpaired) electrons. The minimum absolute atomic E-state index is 0. The molecular weight excluding hydrogens is 485 g/mol. The molecule has 0 spiro atoms. The van der Waals surface area contributed by atoms with Crippen LogP contribution >= 0.6 is 24.0 Å². The number of hydrogen-bond acceptors (Lipinski definition) is 5. The molecule has 0 unspecified atom stereocenters. The second kappa shape index (κ2) is 11.7. The Morgan fingerprint density at radius 2 is 1.66 bits per heavy atom. The molecule has 0 saturated carbocycles. The minimum Gasteiger partial charge on any atom is -0.496 e. The third-order valence-electron chi connectivity index (χ3n) is 4.80. The van der Waals surface area contributed by atoms with E-state index in [1.165, 1.54) is 5.56 Å². The Morgan fingerprint density at radius 3 is 2.10 bits per heavy atom. The summed E-state index contributed by atoms with van der Waals surface area (Å²) in [5.74, 6) is 2.91. The van der Waals surface area contributed by atoms with Crippen LogP contribution in [0.1, 0.15) is 22.5 Å². The first-order chi connectivity index (χ1) is 13.4. The Balaban J connectivity index is 0.00000420. The molecular formula is C20H32IN5O3. The summed E-state index contributed by atoms with van der Waals surface area (Å²) in [4.78, 5) is 4.30. The largest absolute Gasteiger partial charge is 0.496 e. The lowest BCUT2D eigenvalue weighted by Crippen LogP contribution is -2.38. The highest BCUT2D eigenvalue weighted by Gasteiger charge is 2.14. The molecule has 0 atom stereocenters. The van der Waals surface area contributed by atoms with Crippen LogP contribution in [0.15, 0.2) is 17.1 Å². The van der Waals surface area contributed by atoms with Gasteiger partial charge >= 0.3 is 0 Å². The number of aliphatic imine (C=N–C) groups is 1. The van der Waals surface area contributed by atoms with E-state index in [0.29, 0.717) is 25.3 Å². The van der Waals surface area contributed by atoms with Gasteiger partial charge in [-0.25, -0.2) is 0 Å². The van der Waals surface area contributed by atoms with Crippen LogP contribution in [0.25, 0.3) is 0 Å². The Morgan fingerprint density at radius 1 is 1.03 bits per heavy atom. The first kappa shape index (κ1) is 24.9. The number of aromatic nitrogens is 2. The maximum Gasteiger partial charge on any atom is 0.191 e. The zero-order valence-corrected chi connectivity index (χ0v) is 20.6. The maximum absolute atomic E-state index is 5.51. The average molecular weight is 517 g/mol. The molecule has 0 aliphatic heterocycles. The fraction of sp³-hybridized carbons (Fsp3) is 0.500. The third-order valence-corrected chi connectivity index (χ3v) is 4.80. The van der Waals surface area contributed by atoms with E-state index >= 15 is 0 Å². The molecule has 0 amide bonds. The summed E-state index contributed by atoms with van der Waals surface area (Å²) in [5.41, 5.74) is 4.33. The van der Waals surface area contributed by atoms with Gasteiger partial charge in [0.1, 0.15) is 17.2 Å². The molecule has 2 rings (SSSR count). The van der Waals surface area contributed by atoms with Gasteiger partial charge < -0.3 is 24.8 Å². The summed E-state index contributed by atoms with van der Waals surface area (Å²) >= 11 is 0. The number of aryl methyl sites for hydroxylation is 2. The Bertz CT molecular complexity index is 811. The number of nitrogens with one attached hydrogen (secondary N) is 2. The average Bonchev–Trinajstić information content (AvgIpc) is 2.95. The summed E-state index contributed by atoms with van der Waals surface area (Å²) in [6, 6.07) is 3.72. The van der Waals surface area contributed by atoms with Crippen LogP contribution in [0.2, 0.25) is 0 Å². The van der Waals surface area contributed by atoms with Gasteiger partial charge in [-0.1, -0.05) is 0 Å². The van der Waals surface area contributed by atoms with Crippen molar-refractivity contribution in [2.24, 2.45) is 12.0 Å². The number of nitrogens with zero attached hydrogens (tertiary/aromatic N) is 3. The van der Waals surface area contributed by atoms with Gasteiger partial charge in [0, 0.05) is 56.1 Å². The van der Waals surface area contributed by atoms with Crippen molar-refractivity contribution in [3.63, 3.8) is 0 Å². The smallest absolute Gasteiger partial charge is 0.191 e. The monoisotopic (exact) mass is 517 g/mol. The van der Waals surface area contributed by atoms with E-state index in [9.17, 15) is 0 Å². The summed E-state index contributed by atoms with van der Waals surface area (Å²) in [6.45, 7) is 5.42. The van der Waals surface area contributed by atoms with Crippen molar-refractivity contribution >= 4 is 29.9 Å². The van der Waals surface area contributed by atoms with E-state index in [0.717, 1.165) is 34.4 Å². The maximum atomic E-state index is 5.51. The van der Waals surface area contributed by atoms with E-state index in [4.69, 9.17) is 14.2 Å². The lowest BCUT2D eigenvalue weighted by molar-refractivity contribution is 0.368. The molecule has 2 aromatic rings. The van der Waals surface area contributed by atoms with Crippen LogP contribution in [0.3, 0.4) is 0 Å². The molecule has 1 heterocycles. The fourth-order valence-electron chi connectivity index (χ4n) is 3.10. The van der Waals surface area contributed by atoms with Gasteiger partial charge in [0.25, 0.3) is 0 Å². The summed E-state index contributed by atoms with van der Waals surface area (Å²) in [6.07, 6.45) is 0.710. The van der Waals surface area contributed by atoms with E-state index in [-0.39, 0.29) is 24.0 Å². The van der Waals surface area contributed by atoms with Crippen LogP contribution in [-0.4, -0.2) is 50.7 Å². The molecule has 0 saturated heterocycles. The summed E-state index contributed by atoms with van der Waals surface area (Å²) in [5, 5.41) is 11.1. The highest BCUT2D eigenvalue weighted by molar-refractivity contribution is 14.0. The standard InChI is InChI=1S/C20H31N5O3.HI/c1-13-17(14(2)25(4)24-13)12-23-20(21-3)22-9-8-16-18(27-6)10-15(26-5)11-19(16)28-7;/h10-11H,8-9,12H2,1-7H3,(H2,21,22,23);1H. The first-order valence-corrected chi connectivity index (χ1v) is 9.17. The highest BCUT2D eigenvalue weighted by Crippen LogP contribution is 2.34. The van der Waals surface area contributed by atoms with Crippen LogP contribution in [0, 0.1) is 13.8 Å². The second-order valence-electron chi connectivity index (χ2n) is 6.39. The fourth-order valence-corrected chi connectivity index (χ4v) is 3.10. The lowest BCUT2D eigenvalue weighted by Gasteiger charge is -2.16. The lowest BCUT2D eigenvalue weighted by atomic mass is 10.1. The number of benzene rings is 1. The minimum atomic E-state index is 0. The molecule has 8 nitrogen and oxygen atoms in total. The quantitative estimate of drug-likeness (QED) is 0.319. The van der Waals surface area contributed by atoms with Gasteiger partial charge in [-0.3, -0.25) is 9.67 Å². The number of halogens is 1. The van der Waals surface area contributed by atoms with Crippen molar-refractivity contribution in [1.29, 1.82) is 0 Å². The molecule has 1 aromatic heterocycles. The molecule has 162 valence electrons. The normalized spacial score (nSPS) is 10.9. The number of rotatable bonds is 8. The molecule has 1 aromatic carbocycles. The molecule has 0 fully saturated rings. The number of hydrogen-bond donors (Lipinski definition) is 2. The third kappa shape index (κ3) is 6.15. The second-order valence-corrected chi connectivity index (χ2v) is 6.39. The number of guanidine groups is 1. The van der Waals surface area contributed by atoms with E-state index in [1.807, 2.05) is 30.8 Å². The van der Waals surface area contributed by atoms with Crippen molar-refractivity contribution in [3.8, 4) is 17.2 Å². The molecule has 29 heavy (non-hydrogen) atoms. The molecule has 0 aliphatic rings. The van der Waals surface area contributed by atoms with Crippen molar-refractivity contribution in [2.75, 3.05) is 34.9 Å². The van der Waals surface area contributed by atoms with E-state index in [1.54, 1.807) is 28.4 Å². The van der Waals surface area contributed by atoms with Gasteiger partial charge in [0.05, 0.1) is 27.0 Å². The predicted octanol–water partition coefficient (Wildman–Crippen LogP) is 2.59. The first-order valence-electron chi connectivity index (χ1n) is 9.17. The van der Waals surface area contributed by atoms with Crippen LogP contribution in [0.5, 0.6) is 17.2 Å². The summed E-state index contributed by atoms with van der Waals surface area (Å²) in [7, 11) is 8.62. The Hall–Kier alpha value is -2.17. The molecule has 0 aliphatic carbocycles. The van der Waals surface area contributed by atoms with E-state index < -0.39 is 0 Å². The molecule has 0 bridgehead atoms. The SMILES string of the molecule is CN=C(NCCc1c(OC)cc(OC)cc1OC)NCc1c(C)nn(C)c1C.I. The van der Waals surface area contributed by atoms with Crippen LogP contribution < -0.4 is 24.8 Å². The van der Waals surface area contributed by atoms with Crippen LogP contribution in [0.4, 0.5) is 0 Å². The highest BCUT2D eigenvalue weighted by atomic mass is 127. The molecule has 9 heteroatoms. The van der Waals surface area contributed by atoms with Crippen molar-refractivity contribution in [1.82, 2.24) is 20.4 Å². The Kier molecular flexibility index (Phi) is 10.1. The Labute approximate surface area is 190 Å². The van der Waals surface area contributed by atoms with Gasteiger partial charge in [-0.2, -0.15) is 5.10 Å². The van der Waals surface area contributed by atoms with Gasteiger partial charge in [-0.15, -0.1) is 24.0 Å².